The zero-order valence-electron chi connectivity index (χ0n) is 26.0. The third-order valence-electron chi connectivity index (χ3n) is 7.82. The molecule has 214 valence electrons. The summed E-state index contributed by atoms with van der Waals surface area (Å²) in [5, 5.41) is 0. The Balaban J connectivity index is 1.52. The van der Waals surface area contributed by atoms with E-state index in [1.54, 1.807) is 0 Å². The molecule has 0 saturated heterocycles. The summed E-state index contributed by atoms with van der Waals surface area (Å²) in [6, 6.07) is 49.9. The topological polar surface area (TPSA) is 6.48 Å². The minimum Gasteiger partial charge on any atom is -0.311 e. The normalized spacial score (nSPS) is 12.5. The van der Waals surface area contributed by atoms with Crippen LogP contribution in [0.1, 0.15) is 59.4 Å². The molecule has 1 atom stereocenters. The van der Waals surface area contributed by atoms with Gasteiger partial charge in [0, 0.05) is 34.1 Å². The summed E-state index contributed by atoms with van der Waals surface area (Å²) in [7, 11) is 0. The number of benzene rings is 5. The molecule has 0 amide bonds. The second-order valence-corrected chi connectivity index (χ2v) is 13.5. The largest absolute Gasteiger partial charge is 0.311 e. The summed E-state index contributed by atoms with van der Waals surface area (Å²) in [5.41, 5.74) is 8.68. The van der Waals surface area contributed by atoms with Crippen molar-refractivity contribution in [3.8, 4) is 0 Å². The molecule has 0 fully saturated rings. The fraction of sp³-hybridized carbons (Fsp3) is 0.250. The van der Waals surface area contributed by atoms with Crippen LogP contribution in [0.3, 0.4) is 0 Å². The number of para-hydroxylation sites is 3. The van der Waals surface area contributed by atoms with Crippen LogP contribution in [-0.2, 0) is 0 Å². The van der Waals surface area contributed by atoms with Crippen molar-refractivity contribution >= 4 is 34.1 Å². The third-order valence-corrected chi connectivity index (χ3v) is 7.82. The molecule has 0 N–H and O–H groups in total. The maximum absolute atomic E-state index is 2.36. The quantitative estimate of drug-likeness (QED) is 0.189. The monoisotopic (exact) mass is 552 g/mol. The van der Waals surface area contributed by atoms with Gasteiger partial charge >= 0.3 is 0 Å². The van der Waals surface area contributed by atoms with Gasteiger partial charge in [0.25, 0.3) is 0 Å². The lowest BCUT2D eigenvalue weighted by molar-refractivity contribution is 0.229. The molecule has 42 heavy (non-hydrogen) atoms. The van der Waals surface area contributed by atoms with Gasteiger partial charge in [0.15, 0.2) is 0 Å². The third kappa shape index (κ3) is 6.94. The molecular weight excluding hydrogens is 508 g/mol. The van der Waals surface area contributed by atoms with Crippen LogP contribution in [0.4, 0.5) is 34.1 Å². The Bertz CT molecular complexity index is 1490. The second-order valence-electron chi connectivity index (χ2n) is 13.5. The summed E-state index contributed by atoms with van der Waals surface area (Å²) >= 11 is 0. The summed E-state index contributed by atoms with van der Waals surface area (Å²) in [6.45, 7) is 14.1. The van der Waals surface area contributed by atoms with Crippen LogP contribution in [0.2, 0.25) is 0 Å². The van der Waals surface area contributed by atoms with Crippen LogP contribution in [0, 0.1) is 10.8 Å². The van der Waals surface area contributed by atoms with Crippen LogP contribution in [0.25, 0.3) is 0 Å². The molecule has 0 aliphatic carbocycles. The van der Waals surface area contributed by atoms with E-state index >= 15 is 0 Å². The highest BCUT2D eigenvalue weighted by Crippen LogP contribution is 2.44. The molecule has 5 rings (SSSR count). The molecule has 0 spiro atoms. The first-order valence-electron chi connectivity index (χ1n) is 15.1. The summed E-state index contributed by atoms with van der Waals surface area (Å²) in [4.78, 5) is 4.64. The predicted octanol–water partition coefficient (Wildman–Crippen LogP) is 12.2. The van der Waals surface area contributed by atoms with Gasteiger partial charge in [-0.3, -0.25) is 0 Å². The first-order chi connectivity index (χ1) is 20.1. The smallest absolute Gasteiger partial charge is 0.0463 e. The molecular formula is C40H44N2. The van der Waals surface area contributed by atoms with Crippen molar-refractivity contribution in [2.45, 2.75) is 53.9 Å². The number of nitrogens with zero attached hydrogens (tertiary/aromatic N) is 2. The fourth-order valence-electron chi connectivity index (χ4n) is 5.77. The molecule has 0 radical (unpaired) electrons. The van der Waals surface area contributed by atoms with E-state index in [4.69, 9.17) is 0 Å². The minimum absolute atomic E-state index is 0.188. The number of rotatable bonds is 8. The summed E-state index contributed by atoms with van der Waals surface area (Å²) in [6.07, 6.45) is 1.15. The van der Waals surface area contributed by atoms with Crippen LogP contribution in [-0.4, -0.2) is 0 Å². The van der Waals surface area contributed by atoms with Gasteiger partial charge in [-0.1, -0.05) is 108 Å². The van der Waals surface area contributed by atoms with E-state index in [-0.39, 0.29) is 10.8 Å². The Morgan fingerprint density at radius 2 is 0.690 bits per heavy atom. The molecule has 0 saturated carbocycles. The maximum atomic E-state index is 2.36. The first kappa shape index (κ1) is 29.2. The lowest BCUT2D eigenvalue weighted by Crippen LogP contribution is -2.23. The lowest BCUT2D eigenvalue weighted by Gasteiger charge is -2.36. The highest BCUT2D eigenvalue weighted by molar-refractivity contribution is 5.81. The molecule has 0 aliphatic rings. The molecule has 0 bridgehead atoms. The SMILES string of the molecule is CC(C)(C)CC(c1ccc(N(c2ccccc2)c2ccc(N(c3ccccc3)c3ccccc3)cc2)cc1)C(C)(C)C. The molecule has 0 aromatic heterocycles. The van der Waals surface area contributed by atoms with Crippen molar-refractivity contribution in [3.63, 3.8) is 0 Å². The Kier molecular flexibility index (Phi) is 8.54. The van der Waals surface area contributed by atoms with Crippen molar-refractivity contribution in [2.75, 3.05) is 9.80 Å². The van der Waals surface area contributed by atoms with E-state index in [0.29, 0.717) is 5.92 Å². The van der Waals surface area contributed by atoms with Crippen molar-refractivity contribution in [1.29, 1.82) is 0 Å². The van der Waals surface area contributed by atoms with Crippen LogP contribution in [0.5, 0.6) is 0 Å². The molecule has 5 aromatic carbocycles. The summed E-state index contributed by atoms with van der Waals surface area (Å²) < 4.78 is 0. The van der Waals surface area contributed by atoms with Crippen molar-refractivity contribution in [3.05, 3.63) is 145 Å². The maximum Gasteiger partial charge on any atom is 0.0463 e. The number of hydrogen-bond donors (Lipinski definition) is 0. The first-order valence-corrected chi connectivity index (χ1v) is 15.1. The lowest BCUT2D eigenvalue weighted by atomic mass is 9.69. The summed E-state index contributed by atoms with van der Waals surface area (Å²) in [5.74, 6) is 0.484. The number of anilines is 6. The molecule has 5 aromatic rings. The van der Waals surface area contributed by atoms with E-state index < -0.39 is 0 Å². The van der Waals surface area contributed by atoms with E-state index in [1.807, 2.05) is 0 Å². The zero-order valence-corrected chi connectivity index (χ0v) is 26.0. The van der Waals surface area contributed by atoms with Gasteiger partial charge in [-0.15, -0.1) is 0 Å². The van der Waals surface area contributed by atoms with Crippen LogP contribution >= 0.6 is 0 Å². The van der Waals surface area contributed by atoms with Crippen molar-refractivity contribution < 1.29 is 0 Å². The standard InChI is InChI=1S/C40H44N2/c1-39(2,3)30-38(40(4,5)6)31-22-24-35(25-23-31)42(34-20-14-9-15-21-34)37-28-26-36(27-29-37)41(32-16-10-7-11-17-32)33-18-12-8-13-19-33/h7-29,38H,30H2,1-6H3. The van der Waals surface area contributed by atoms with E-state index in [2.05, 4.69) is 191 Å². The zero-order chi connectivity index (χ0) is 29.7. The van der Waals surface area contributed by atoms with Gasteiger partial charge in [-0.25, -0.2) is 0 Å². The highest BCUT2D eigenvalue weighted by Gasteiger charge is 2.30. The molecule has 1 unspecified atom stereocenters. The van der Waals surface area contributed by atoms with Gasteiger partial charge in [-0.05, 0) is 102 Å². The van der Waals surface area contributed by atoms with Gasteiger partial charge in [0.2, 0.25) is 0 Å². The highest BCUT2D eigenvalue weighted by atomic mass is 15.2. The van der Waals surface area contributed by atoms with Crippen molar-refractivity contribution in [1.82, 2.24) is 0 Å². The van der Waals surface area contributed by atoms with Gasteiger partial charge in [0.1, 0.15) is 0 Å². The van der Waals surface area contributed by atoms with E-state index in [1.165, 1.54) is 5.56 Å². The van der Waals surface area contributed by atoms with Crippen LogP contribution < -0.4 is 9.80 Å². The van der Waals surface area contributed by atoms with E-state index in [0.717, 1.165) is 40.5 Å². The second kappa shape index (κ2) is 12.3. The van der Waals surface area contributed by atoms with Gasteiger partial charge < -0.3 is 9.80 Å². The number of hydrogen-bond acceptors (Lipinski definition) is 2. The van der Waals surface area contributed by atoms with Gasteiger partial charge in [-0.2, -0.15) is 0 Å². The van der Waals surface area contributed by atoms with Gasteiger partial charge in [0.05, 0.1) is 0 Å². The molecule has 0 heterocycles. The molecule has 0 aliphatic heterocycles. The van der Waals surface area contributed by atoms with Crippen LogP contribution in [0.15, 0.2) is 140 Å². The molecule has 2 nitrogen and oxygen atoms in total. The average Bonchev–Trinajstić information content (AvgIpc) is 2.98. The Morgan fingerprint density at radius 3 is 0.976 bits per heavy atom. The Hall–Kier alpha value is -4.30. The molecule has 2 heteroatoms. The predicted molar refractivity (Wildman–Crippen MR) is 182 cm³/mol. The Morgan fingerprint density at radius 1 is 0.405 bits per heavy atom. The minimum atomic E-state index is 0.188. The fourth-order valence-corrected chi connectivity index (χ4v) is 5.77. The van der Waals surface area contributed by atoms with E-state index in [9.17, 15) is 0 Å². The van der Waals surface area contributed by atoms with Crippen molar-refractivity contribution in [2.24, 2.45) is 10.8 Å². The Labute approximate surface area is 253 Å². The average molecular weight is 553 g/mol.